The van der Waals surface area contributed by atoms with Crippen LogP contribution in [0.15, 0.2) is 0 Å². The molecule has 0 spiro atoms. The Morgan fingerprint density at radius 3 is 2.56 bits per heavy atom. The molecule has 0 aromatic rings. The van der Waals surface area contributed by atoms with Crippen LogP contribution in [0, 0.1) is 17.8 Å². The molecule has 1 rings (SSSR count). The Hall–Kier alpha value is -1.10. The quantitative estimate of drug-likeness (QED) is 0.586. The minimum Gasteiger partial charge on any atom is -0.481 e. The zero-order valence-electron chi connectivity index (χ0n) is 9.61. The van der Waals surface area contributed by atoms with Gasteiger partial charge in [0.2, 0.25) is 5.91 Å². The molecule has 5 nitrogen and oxygen atoms in total. The molecule has 1 fully saturated rings. The van der Waals surface area contributed by atoms with Gasteiger partial charge in [-0.1, -0.05) is 6.92 Å². The standard InChI is InChI=1S/C11H20N2O3/c1-7-5-8(9(6-7)11(15)16)10(14)13-4-2-3-12/h7-9H,2-6,12H2,1H3,(H,13,14)(H,15,16). The van der Waals surface area contributed by atoms with Crippen molar-refractivity contribution in [3.63, 3.8) is 0 Å². The summed E-state index contributed by atoms with van der Waals surface area (Å²) in [6.07, 6.45) is 2.00. The monoisotopic (exact) mass is 228 g/mol. The van der Waals surface area contributed by atoms with Crippen molar-refractivity contribution in [2.75, 3.05) is 13.1 Å². The molecule has 0 aromatic carbocycles. The number of nitrogens with two attached hydrogens (primary N) is 1. The summed E-state index contributed by atoms with van der Waals surface area (Å²) in [7, 11) is 0. The van der Waals surface area contributed by atoms with Crippen molar-refractivity contribution in [3.8, 4) is 0 Å². The van der Waals surface area contributed by atoms with Gasteiger partial charge >= 0.3 is 5.97 Å². The van der Waals surface area contributed by atoms with Crippen LogP contribution in [-0.2, 0) is 9.59 Å². The molecule has 4 N–H and O–H groups in total. The second-order valence-corrected chi connectivity index (χ2v) is 4.56. The van der Waals surface area contributed by atoms with E-state index >= 15 is 0 Å². The minimum atomic E-state index is -0.858. The second-order valence-electron chi connectivity index (χ2n) is 4.56. The average molecular weight is 228 g/mol. The fraction of sp³-hybridized carbons (Fsp3) is 0.818. The molecule has 1 aliphatic rings. The number of carboxylic acids is 1. The van der Waals surface area contributed by atoms with Crippen LogP contribution in [-0.4, -0.2) is 30.1 Å². The molecule has 5 heteroatoms. The van der Waals surface area contributed by atoms with Crippen molar-refractivity contribution in [3.05, 3.63) is 0 Å². The highest BCUT2D eigenvalue weighted by Gasteiger charge is 2.40. The molecule has 0 saturated heterocycles. The van der Waals surface area contributed by atoms with Crippen LogP contribution >= 0.6 is 0 Å². The molecule has 16 heavy (non-hydrogen) atoms. The molecule has 0 aliphatic heterocycles. The first-order chi connectivity index (χ1) is 7.56. The predicted molar refractivity (Wildman–Crippen MR) is 59.7 cm³/mol. The first-order valence-electron chi connectivity index (χ1n) is 5.76. The van der Waals surface area contributed by atoms with Gasteiger partial charge in [0.05, 0.1) is 11.8 Å². The summed E-state index contributed by atoms with van der Waals surface area (Å²) in [5, 5.41) is 11.8. The van der Waals surface area contributed by atoms with Gasteiger partial charge in [-0.15, -0.1) is 0 Å². The van der Waals surface area contributed by atoms with Gasteiger partial charge in [-0.3, -0.25) is 9.59 Å². The number of carbonyl (C=O) groups is 2. The fourth-order valence-electron chi connectivity index (χ4n) is 2.30. The minimum absolute atomic E-state index is 0.134. The van der Waals surface area contributed by atoms with Crippen molar-refractivity contribution in [2.24, 2.45) is 23.5 Å². The molecule has 0 aromatic heterocycles. The van der Waals surface area contributed by atoms with E-state index in [1.165, 1.54) is 0 Å². The lowest BCUT2D eigenvalue weighted by Crippen LogP contribution is -2.36. The van der Waals surface area contributed by atoms with Crippen LogP contribution in [0.1, 0.15) is 26.2 Å². The van der Waals surface area contributed by atoms with Gasteiger partial charge < -0.3 is 16.2 Å². The summed E-state index contributed by atoms with van der Waals surface area (Å²) >= 11 is 0. The number of carboxylic acid groups (broad SMARTS) is 1. The van der Waals surface area contributed by atoms with Gasteiger partial charge in [-0.2, -0.15) is 0 Å². The van der Waals surface area contributed by atoms with Crippen molar-refractivity contribution in [1.82, 2.24) is 5.32 Å². The summed E-state index contributed by atoms with van der Waals surface area (Å²) in [5.41, 5.74) is 5.32. The highest BCUT2D eigenvalue weighted by atomic mass is 16.4. The summed E-state index contributed by atoms with van der Waals surface area (Å²) in [6.45, 7) is 3.05. The maximum absolute atomic E-state index is 11.8. The van der Waals surface area contributed by atoms with Crippen LogP contribution in [0.3, 0.4) is 0 Å². The molecule has 1 aliphatic carbocycles. The van der Waals surface area contributed by atoms with E-state index in [2.05, 4.69) is 5.32 Å². The third-order valence-electron chi connectivity index (χ3n) is 3.13. The molecule has 1 saturated carbocycles. The normalized spacial score (nSPS) is 29.0. The Kier molecular flexibility index (Phi) is 4.73. The van der Waals surface area contributed by atoms with Crippen LogP contribution in [0.4, 0.5) is 0 Å². The van der Waals surface area contributed by atoms with Crippen molar-refractivity contribution in [2.45, 2.75) is 26.2 Å². The number of carbonyl (C=O) groups excluding carboxylic acids is 1. The Morgan fingerprint density at radius 1 is 1.38 bits per heavy atom. The lowest BCUT2D eigenvalue weighted by atomic mass is 9.95. The number of hydrogen-bond acceptors (Lipinski definition) is 3. The SMILES string of the molecule is CC1CC(C(=O)O)C(C(=O)NCCCN)C1. The van der Waals surface area contributed by atoms with E-state index in [4.69, 9.17) is 10.8 Å². The average Bonchev–Trinajstić information content (AvgIpc) is 2.61. The van der Waals surface area contributed by atoms with E-state index in [-0.39, 0.29) is 11.8 Å². The van der Waals surface area contributed by atoms with Gasteiger partial charge in [0.15, 0.2) is 0 Å². The number of hydrogen-bond donors (Lipinski definition) is 3. The van der Waals surface area contributed by atoms with Crippen molar-refractivity contribution in [1.29, 1.82) is 0 Å². The number of amides is 1. The number of nitrogens with one attached hydrogen (secondary N) is 1. The molecular formula is C11H20N2O3. The van der Waals surface area contributed by atoms with E-state index in [0.717, 1.165) is 6.42 Å². The lowest BCUT2D eigenvalue weighted by Gasteiger charge is -2.15. The van der Waals surface area contributed by atoms with Crippen LogP contribution in [0.25, 0.3) is 0 Å². The van der Waals surface area contributed by atoms with E-state index in [0.29, 0.717) is 31.8 Å². The van der Waals surface area contributed by atoms with Gasteiger partial charge in [-0.05, 0) is 31.7 Å². The number of aliphatic carboxylic acids is 1. The zero-order valence-corrected chi connectivity index (χ0v) is 9.61. The van der Waals surface area contributed by atoms with Gasteiger partial charge in [0, 0.05) is 6.54 Å². The van der Waals surface area contributed by atoms with E-state index in [1.54, 1.807) is 0 Å². The summed E-state index contributed by atoms with van der Waals surface area (Å²) in [6, 6.07) is 0. The van der Waals surface area contributed by atoms with Crippen molar-refractivity contribution < 1.29 is 14.7 Å². The summed E-state index contributed by atoms with van der Waals surface area (Å²) in [4.78, 5) is 22.8. The molecule has 3 atom stereocenters. The maximum Gasteiger partial charge on any atom is 0.307 e. The third-order valence-corrected chi connectivity index (χ3v) is 3.13. The van der Waals surface area contributed by atoms with Crippen molar-refractivity contribution >= 4 is 11.9 Å². The Bertz CT molecular complexity index is 268. The van der Waals surface area contributed by atoms with E-state index in [9.17, 15) is 9.59 Å². The van der Waals surface area contributed by atoms with Gasteiger partial charge in [-0.25, -0.2) is 0 Å². The van der Waals surface area contributed by atoms with Crippen LogP contribution in [0.5, 0.6) is 0 Å². The van der Waals surface area contributed by atoms with Crippen LogP contribution in [0.2, 0.25) is 0 Å². The Labute approximate surface area is 95.4 Å². The van der Waals surface area contributed by atoms with Gasteiger partial charge in [0.1, 0.15) is 0 Å². The lowest BCUT2D eigenvalue weighted by molar-refractivity contribution is -0.146. The fourth-order valence-corrected chi connectivity index (χ4v) is 2.30. The highest BCUT2D eigenvalue weighted by molar-refractivity contribution is 5.85. The predicted octanol–water partition coefficient (Wildman–Crippen LogP) is 0.198. The third kappa shape index (κ3) is 3.20. The second kappa shape index (κ2) is 5.84. The molecule has 3 unspecified atom stereocenters. The Balaban J connectivity index is 2.50. The maximum atomic E-state index is 11.8. The smallest absolute Gasteiger partial charge is 0.307 e. The summed E-state index contributed by atoms with van der Waals surface area (Å²) < 4.78 is 0. The molecule has 0 bridgehead atoms. The van der Waals surface area contributed by atoms with E-state index in [1.807, 2.05) is 6.92 Å². The van der Waals surface area contributed by atoms with Crippen LogP contribution < -0.4 is 11.1 Å². The largest absolute Gasteiger partial charge is 0.481 e. The molecule has 92 valence electrons. The molecular weight excluding hydrogens is 208 g/mol. The molecule has 1 amide bonds. The summed E-state index contributed by atoms with van der Waals surface area (Å²) in [5.74, 6) is -1.57. The van der Waals surface area contributed by atoms with E-state index < -0.39 is 11.9 Å². The first kappa shape index (κ1) is 13.0. The topological polar surface area (TPSA) is 92.4 Å². The van der Waals surface area contributed by atoms with Gasteiger partial charge in [0.25, 0.3) is 0 Å². The zero-order chi connectivity index (χ0) is 12.1. The molecule has 0 radical (unpaired) electrons. The first-order valence-corrected chi connectivity index (χ1v) is 5.76. The molecule has 0 heterocycles. The Morgan fingerprint density at radius 2 is 2.00 bits per heavy atom. The number of rotatable bonds is 5. The highest BCUT2D eigenvalue weighted by Crippen LogP contribution is 2.36.